The van der Waals surface area contributed by atoms with E-state index < -0.39 is 0 Å². The molecule has 2 N–H and O–H groups in total. The number of phenols is 1. The van der Waals surface area contributed by atoms with Gasteiger partial charge in [-0.25, -0.2) is 0 Å². The van der Waals surface area contributed by atoms with E-state index in [9.17, 15) is 9.90 Å². The van der Waals surface area contributed by atoms with E-state index in [1.165, 1.54) is 0 Å². The van der Waals surface area contributed by atoms with Gasteiger partial charge >= 0.3 is 0 Å². The summed E-state index contributed by atoms with van der Waals surface area (Å²) in [7, 11) is 0. The van der Waals surface area contributed by atoms with Crippen molar-refractivity contribution in [1.82, 2.24) is 4.90 Å². The van der Waals surface area contributed by atoms with Crippen LogP contribution in [0.2, 0.25) is 5.02 Å². The first-order valence-electron chi connectivity index (χ1n) is 11.0. The normalized spacial score (nSPS) is 14.4. The fourth-order valence-corrected chi connectivity index (χ4v) is 4.33. The van der Waals surface area contributed by atoms with Gasteiger partial charge in [0.1, 0.15) is 5.75 Å². The van der Waals surface area contributed by atoms with Crippen molar-refractivity contribution in [3.05, 3.63) is 88.4 Å². The van der Waals surface area contributed by atoms with E-state index in [-0.39, 0.29) is 11.7 Å². The molecule has 1 saturated heterocycles. The molecular weight excluding hydrogens is 422 g/mol. The van der Waals surface area contributed by atoms with Gasteiger partial charge in [0.25, 0.3) is 5.91 Å². The average Bonchev–Trinajstić information content (AvgIpc) is 2.81. The molecule has 0 radical (unpaired) electrons. The van der Waals surface area contributed by atoms with Gasteiger partial charge in [0.05, 0.1) is 10.7 Å². The molecule has 1 amide bonds. The van der Waals surface area contributed by atoms with Gasteiger partial charge in [-0.1, -0.05) is 48.9 Å². The quantitative estimate of drug-likeness (QED) is 0.554. The lowest BCUT2D eigenvalue weighted by Crippen LogP contribution is -2.46. The minimum absolute atomic E-state index is 0.181. The third-order valence-electron chi connectivity index (χ3n) is 5.94. The molecule has 0 aromatic heterocycles. The van der Waals surface area contributed by atoms with Gasteiger partial charge in [0.2, 0.25) is 0 Å². The van der Waals surface area contributed by atoms with Crippen LogP contribution in [0.3, 0.4) is 0 Å². The smallest absolute Gasteiger partial charge is 0.255 e. The number of phenolic OH excluding ortho intramolecular Hbond substituents is 1. The Kier molecular flexibility index (Phi) is 6.98. The van der Waals surface area contributed by atoms with Crippen LogP contribution < -0.4 is 10.2 Å². The monoisotopic (exact) mass is 449 g/mol. The van der Waals surface area contributed by atoms with Gasteiger partial charge < -0.3 is 20.2 Å². The van der Waals surface area contributed by atoms with Crippen LogP contribution in [-0.2, 0) is 6.42 Å². The lowest BCUT2D eigenvalue weighted by Gasteiger charge is -2.36. The molecule has 3 aromatic carbocycles. The number of likely N-dealkylation sites (N-methyl/N-ethyl adjacent to an activating group) is 1. The van der Waals surface area contributed by atoms with Gasteiger partial charge in [-0.05, 0) is 54.1 Å². The lowest BCUT2D eigenvalue weighted by molar-refractivity contribution is 0.102. The zero-order chi connectivity index (χ0) is 22.5. The van der Waals surface area contributed by atoms with E-state index in [1.807, 2.05) is 42.5 Å². The summed E-state index contributed by atoms with van der Waals surface area (Å²) in [6, 6.07) is 20.5. The zero-order valence-electron chi connectivity index (χ0n) is 18.2. The maximum atomic E-state index is 12.8. The van der Waals surface area contributed by atoms with Crippen molar-refractivity contribution in [2.75, 3.05) is 42.9 Å². The molecule has 1 heterocycles. The summed E-state index contributed by atoms with van der Waals surface area (Å²) in [5, 5.41) is 13.8. The molecule has 0 atom stereocenters. The number of anilines is 2. The maximum Gasteiger partial charge on any atom is 0.255 e. The van der Waals surface area contributed by atoms with Crippen molar-refractivity contribution in [2.45, 2.75) is 13.3 Å². The van der Waals surface area contributed by atoms with Gasteiger partial charge in [0, 0.05) is 43.9 Å². The molecule has 0 spiro atoms. The number of piperazine rings is 1. The van der Waals surface area contributed by atoms with E-state index in [2.05, 4.69) is 22.0 Å². The molecule has 5 nitrogen and oxygen atoms in total. The SMILES string of the molecule is CCN1CCN(c2ccc(NC(=O)c3ccc(O)c(Cc4ccccc4)c3)cc2Cl)CC1. The molecule has 1 fully saturated rings. The van der Waals surface area contributed by atoms with Gasteiger partial charge in [0.15, 0.2) is 0 Å². The van der Waals surface area contributed by atoms with Crippen molar-refractivity contribution in [2.24, 2.45) is 0 Å². The Bertz CT molecular complexity index is 1080. The maximum absolute atomic E-state index is 12.8. The number of nitrogens with one attached hydrogen (secondary N) is 1. The van der Waals surface area contributed by atoms with Crippen LogP contribution in [0.4, 0.5) is 11.4 Å². The van der Waals surface area contributed by atoms with Crippen molar-refractivity contribution >= 4 is 28.9 Å². The van der Waals surface area contributed by atoms with Gasteiger partial charge in [-0.15, -0.1) is 0 Å². The van der Waals surface area contributed by atoms with Crippen molar-refractivity contribution < 1.29 is 9.90 Å². The summed E-state index contributed by atoms with van der Waals surface area (Å²) >= 11 is 6.56. The standard InChI is InChI=1S/C26H28ClN3O2/c1-2-29-12-14-30(15-13-29)24-10-9-22(18-23(24)27)28-26(32)20-8-11-25(31)21(17-20)16-19-6-4-3-5-7-19/h3-11,17-18,31H,2,12-16H2,1H3,(H,28,32). The number of amides is 1. The Morgan fingerprint density at radius 3 is 2.44 bits per heavy atom. The summed E-state index contributed by atoms with van der Waals surface area (Å²) in [4.78, 5) is 17.6. The fraction of sp³-hybridized carbons (Fsp3) is 0.269. The molecule has 1 aliphatic heterocycles. The fourth-order valence-electron chi connectivity index (χ4n) is 4.03. The summed E-state index contributed by atoms with van der Waals surface area (Å²) in [6.45, 7) is 7.18. The number of carbonyl (C=O) groups excluding carboxylic acids is 1. The first kappa shape index (κ1) is 22.2. The summed E-state index contributed by atoms with van der Waals surface area (Å²) in [5.74, 6) is -0.0549. The van der Waals surface area contributed by atoms with Crippen LogP contribution in [0.25, 0.3) is 0 Å². The van der Waals surface area contributed by atoms with Crippen LogP contribution in [0, 0.1) is 0 Å². The van der Waals surface area contributed by atoms with E-state index >= 15 is 0 Å². The van der Waals surface area contributed by atoms with Crippen LogP contribution in [-0.4, -0.2) is 48.6 Å². The molecule has 32 heavy (non-hydrogen) atoms. The van der Waals surface area contributed by atoms with Gasteiger partial charge in [-0.3, -0.25) is 4.79 Å². The predicted molar refractivity (Wildman–Crippen MR) is 131 cm³/mol. The Morgan fingerprint density at radius 2 is 1.75 bits per heavy atom. The highest BCUT2D eigenvalue weighted by atomic mass is 35.5. The Hall–Kier alpha value is -3.02. The highest BCUT2D eigenvalue weighted by molar-refractivity contribution is 6.33. The van der Waals surface area contributed by atoms with Crippen molar-refractivity contribution in [3.63, 3.8) is 0 Å². The molecule has 0 saturated carbocycles. The Balaban J connectivity index is 1.45. The highest BCUT2D eigenvalue weighted by Gasteiger charge is 2.18. The van der Waals surface area contributed by atoms with Crippen molar-refractivity contribution in [1.29, 1.82) is 0 Å². The molecular formula is C26H28ClN3O2. The number of aromatic hydroxyl groups is 1. The van der Waals surface area contributed by atoms with Crippen LogP contribution in [0.5, 0.6) is 5.75 Å². The van der Waals surface area contributed by atoms with Gasteiger partial charge in [-0.2, -0.15) is 0 Å². The molecule has 1 aliphatic rings. The minimum atomic E-state index is -0.236. The second-order valence-electron chi connectivity index (χ2n) is 8.05. The third-order valence-corrected chi connectivity index (χ3v) is 6.25. The van der Waals surface area contributed by atoms with Crippen LogP contribution in [0.1, 0.15) is 28.4 Å². The average molecular weight is 450 g/mol. The zero-order valence-corrected chi connectivity index (χ0v) is 19.0. The van der Waals surface area contributed by atoms with E-state index in [0.29, 0.717) is 28.3 Å². The lowest BCUT2D eigenvalue weighted by atomic mass is 10.0. The highest BCUT2D eigenvalue weighted by Crippen LogP contribution is 2.30. The summed E-state index contributed by atoms with van der Waals surface area (Å²) < 4.78 is 0. The predicted octanol–water partition coefficient (Wildman–Crippen LogP) is 5.03. The van der Waals surface area contributed by atoms with Crippen molar-refractivity contribution in [3.8, 4) is 5.75 Å². The summed E-state index contributed by atoms with van der Waals surface area (Å²) in [5.41, 5.74) is 3.92. The molecule has 0 aliphatic carbocycles. The first-order chi connectivity index (χ1) is 15.5. The molecule has 166 valence electrons. The van der Waals surface area contributed by atoms with Crippen LogP contribution >= 0.6 is 11.6 Å². The van der Waals surface area contributed by atoms with E-state index in [0.717, 1.165) is 44.0 Å². The van der Waals surface area contributed by atoms with E-state index in [4.69, 9.17) is 11.6 Å². The minimum Gasteiger partial charge on any atom is -0.508 e. The number of benzene rings is 3. The third kappa shape index (κ3) is 5.23. The topological polar surface area (TPSA) is 55.8 Å². The number of nitrogens with zero attached hydrogens (tertiary/aromatic N) is 2. The summed E-state index contributed by atoms with van der Waals surface area (Å²) in [6.07, 6.45) is 0.555. The Morgan fingerprint density at radius 1 is 1.00 bits per heavy atom. The molecule has 0 unspecified atom stereocenters. The van der Waals surface area contributed by atoms with E-state index in [1.54, 1.807) is 24.3 Å². The first-order valence-corrected chi connectivity index (χ1v) is 11.4. The number of halogens is 1. The molecule has 4 rings (SSSR count). The van der Waals surface area contributed by atoms with Crippen LogP contribution in [0.15, 0.2) is 66.7 Å². The second kappa shape index (κ2) is 10.1. The number of hydrogen-bond acceptors (Lipinski definition) is 4. The molecule has 3 aromatic rings. The Labute approximate surface area is 194 Å². The molecule has 6 heteroatoms. The number of rotatable bonds is 6. The number of hydrogen-bond donors (Lipinski definition) is 2. The number of carbonyl (C=O) groups is 1. The largest absolute Gasteiger partial charge is 0.508 e. The second-order valence-corrected chi connectivity index (χ2v) is 8.45. The molecule has 0 bridgehead atoms.